The van der Waals surface area contributed by atoms with E-state index >= 15 is 0 Å². The topological polar surface area (TPSA) is 64.3 Å². The molecule has 0 aliphatic carbocycles. The number of methoxy groups -OCH3 is 1. The SMILES string of the molecule is COc1ccccc1C(N)c1cc(C)c2c(c1)C(C)C(=O)N2. The Balaban J connectivity index is 2.06. The standard InChI is InChI=1S/C18H20N2O2/c1-10-8-12(9-14-11(2)18(21)20-17(10)14)16(19)13-6-4-5-7-15(13)22-3/h4-9,11,16H,19H2,1-3H3,(H,20,21). The molecular weight excluding hydrogens is 276 g/mol. The van der Waals surface area contributed by atoms with Gasteiger partial charge in [-0.1, -0.05) is 30.3 Å². The van der Waals surface area contributed by atoms with Crippen LogP contribution in [0.2, 0.25) is 0 Å². The van der Waals surface area contributed by atoms with Crippen LogP contribution < -0.4 is 15.8 Å². The number of carbonyl (C=O) groups excluding carboxylic acids is 1. The summed E-state index contributed by atoms with van der Waals surface area (Å²) in [5, 5.41) is 2.94. The third-order valence-corrected chi connectivity index (χ3v) is 4.33. The van der Waals surface area contributed by atoms with E-state index in [4.69, 9.17) is 10.5 Å². The zero-order valence-electron chi connectivity index (χ0n) is 13.0. The number of rotatable bonds is 3. The monoisotopic (exact) mass is 296 g/mol. The molecule has 4 nitrogen and oxygen atoms in total. The fraction of sp³-hybridized carbons (Fsp3) is 0.278. The zero-order chi connectivity index (χ0) is 15.9. The Hall–Kier alpha value is -2.33. The molecule has 22 heavy (non-hydrogen) atoms. The Bertz CT molecular complexity index is 740. The summed E-state index contributed by atoms with van der Waals surface area (Å²) in [5.41, 5.74) is 11.4. The summed E-state index contributed by atoms with van der Waals surface area (Å²) in [6.07, 6.45) is 0. The minimum absolute atomic E-state index is 0.0427. The summed E-state index contributed by atoms with van der Waals surface area (Å²) in [5.74, 6) is 0.676. The predicted molar refractivity (Wildman–Crippen MR) is 87.2 cm³/mol. The van der Waals surface area contributed by atoms with Crippen LogP contribution in [0.4, 0.5) is 5.69 Å². The molecule has 0 saturated heterocycles. The van der Waals surface area contributed by atoms with E-state index in [0.717, 1.165) is 33.7 Å². The molecule has 1 amide bonds. The summed E-state index contributed by atoms with van der Waals surface area (Å²) in [7, 11) is 1.64. The van der Waals surface area contributed by atoms with E-state index in [1.165, 1.54) is 0 Å². The lowest BCUT2D eigenvalue weighted by Crippen LogP contribution is -2.13. The normalized spacial score (nSPS) is 17.8. The molecule has 0 spiro atoms. The van der Waals surface area contributed by atoms with Crippen LogP contribution in [0.1, 0.15) is 41.1 Å². The Labute approximate surface area is 130 Å². The molecule has 1 aliphatic heterocycles. The Kier molecular flexibility index (Phi) is 3.62. The molecule has 1 heterocycles. The number of benzene rings is 2. The van der Waals surface area contributed by atoms with Crippen LogP contribution in [0.5, 0.6) is 5.75 Å². The number of fused-ring (bicyclic) bond motifs is 1. The molecule has 2 atom stereocenters. The lowest BCUT2D eigenvalue weighted by atomic mass is 9.92. The first-order valence-electron chi connectivity index (χ1n) is 7.36. The van der Waals surface area contributed by atoms with Crippen molar-refractivity contribution in [3.05, 3.63) is 58.7 Å². The molecule has 0 fully saturated rings. The number of hydrogen-bond donors (Lipinski definition) is 2. The van der Waals surface area contributed by atoms with E-state index in [1.807, 2.05) is 50.2 Å². The van der Waals surface area contributed by atoms with Gasteiger partial charge in [-0.05, 0) is 36.6 Å². The lowest BCUT2D eigenvalue weighted by Gasteiger charge is -2.18. The predicted octanol–water partition coefficient (Wildman–Crippen LogP) is 3.11. The van der Waals surface area contributed by atoms with Gasteiger partial charge in [0, 0.05) is 11.3 Å². The van der Waals surface area contributed by atoms with Gasteiger partial charge in [0.2, 0.25) is 5.91 Å². The largest absolute Gasteiger partial charge is 0.496 e. The maximum atomic E-state index is 11.9. The van der Waals surface area contributed by atoms with Crippen LogP contribution in [-0.2, 0) is 4.79 Å². The zero-order valence-corrected chi connectivity index (χ0v) is 13.0. The summed E-state index contributed by atoms with van der Waals surface area (Å²) < 4.78 is 5.40. The van der Waals surface area contributed by atoms with Crippen LogP contribution in [-0.4, -0.2) is 13.0 Å². The molecule has 0 saturated carbocycles. The van der Waals surface area contributed by atoms with Crippen molar-refractivity contribution in [3.8, 4) is 5.75 Å². The average Bonchev–Trinajstić information content (AvgIpc) is 2.82. The van der Waals surface area contributed by atoms with Gasteiger partial charge < -0.3 is 15.8 Å². The van der Waals surface area contributed by atoms with E-state index in [2.05, 4.69) is 5.32 Å². The number of amides is 1. The summed E-state index contributed by atoms with van der Waals surface area (Å²) in [4.78, 5) is 11.9. The second kappa shape index (κ2) is 5.46. The van der Waals surface area contributed by atoms with Gasteiger partial charge in [-0.25, -0.2) is 0 Å². The maximum Gasteiger partial charge on any atom is 0.231 e. The molecule has 114 valence electrons. The molecule has 2 unspecified atom stereocenters. The minimum atomic E-state index is -0.289. The molecule has 3 N–H and O–H groups in total. The second-order valence-electron chi connectivity index (χ2n) is 5.73. The van der Waals surface area contributed by atoms with Gasteiger partial charge in [0.15, 0.2) is 0 Å². The van der Waals surface area contributed by atoms with Gasteiger partial charge in [-0.15, -0.1) is 0 Å². The minimum Gasteiger partial charge on any atom is -0.496 e. The molecule has 0 aromatic heterocycles. The van der Waals surface area contributed by atoms with Crippen molar-refractivity contribution in [1.29, 1.82) is 0 Å². The van der Waals surface area contributed by atoms with Crippen LogP contribution >= 0.6 is 0 Å². The van der Waals surface area contributed by atoms with Gasteiger partial charge in [0.1, 0.15) is 5.75 Å². The quantitative estimate of drug-likeness (QED) is 0.914. The molecule has 0 bridgehead atoms. The number of hydrogen-bond acceptors (Lipinski definition) is 3. The molecule has 2 aromatic rings. The number of aryl methyl sites for hydroxylation is 1. The highest BCUT2D eigenvalue weighted by molar-refractivity contribution is 6.03. The van der Waals surface area contributed by atoms with Gasteiger partial charge in [0.05, 0.1) is 19.1 Å². The van der Waals surface area contributed by atoms with Crippen molar-refractivity contribution in [1.82, 2.24) is 0 Å². The van der Waals surface area contributed by atoms with Crippen LogP contribution in [0, 0.1) is 6.92 Å². The Morgan fingerprint density at radius 3 is 2.73 bits per heavy atom. The number of carbonyl (C=O) groups is 1. The Morgan fingerprint density at radius 2 is 2.00 bits per heavy atom. The fourth-order valence-electron chi connectivity index (χ4n) is 3.01. The van der Waals surface area contributed by atoms with Crippen LogP contribution in [0.3, 0.4) is 0 Å². The number of nitrogens with two attached hydrogens (primary N) is 1. The molecule has 3 rings (SSSR count). The molecule has 0 radical (unpaired) electrons. The fourth-order valence-corrected chi connectivity index (χ4v) is 3.01. The first kappa shape index (κ1) is 14.6. The van der Waals surface area contributed by atoms with E-state index in [0.29, 0.717) is 0 Å². The summed E-state index contributed by atoms with van der Waals surface area (Å²) in [6, 6.07) is 11.5. The third kappa shape index (κ3) is 2.25. The average molecular weight is 296 g/mol. The van der Waals surface area contributed by atoms with Crippen LogP contribution in [0.15, 0.2) is 36.4 Å². The molecule has 1 aliphatic rings. The van der Waals surface area contributed by atoms with Gasteiger partial charge in [-0.3, -0.25) is 4.79 Å². The number of nitrogens with one attached hydrogen (secondary N) is 1. The lowest BCUT2D eigenvalue weighted by molar-refractivity contribution is -0.116. The van der Waals surface area contributed by atoms with E-state index < -0.39 is 0 Å². The number of anilines is 1. The third-order valence-electron chi connectivity index (χ3n) is 4.33. The molecular formula is C18H20N2O2. The van der Waals surface area contributed by atoms with Crippen molar-refractivity contribution in [2.24, 2.45) is 5.73 Å². The number of ether oxygens (including phenoxy) is 1. The van der Waals surface area contributed by atoms with Gasteiger partial charge in [0.25, 0.3) is 0 Å². The highest BCUT2D eigenvalue weighted by Gasteiger charge is 2.29. The van der Waals surface area contributed by atoms with E-state index in [-0.39, 0.29) is 17.9 Å². The second-order valence-corrected chi connectivity index (χ2v) is 5.73. The van der Waals surface area contributed by atoms with Crippen molar-refractivity contribution in [3.63, 3.8) is 0 Å². The van der Waals surface area contributed by atoms with Crippen molar-refractivity contribution < 1.29 is 9.53 Å². The summed E-state index contributed by atoms with van der Waals surface area (Å²) >= 11 is 0. The highest BCUT2D eigenvalue weighted by atomic mass is 16.5. The summed E-state index contributed by atoms with van der Waals surface area (Å²) in [6.45, 7) is 3.91. The van der Waals surface area contributed by atoms with Gasteiger partial charge >= 0.3 is 0 Å². The molecule has 2 aromatic carbocycles. The van der Waals surface area contributed by atoms with Crippen LogP contribution in [0.25, 0.3) is 0 Å². The van der Waals surface area contributed by atoms with E-state index in [1.54, 1.807) is 7.11 Å². The smallest absolute Gasteiger partial charge is 0.231 e. The first-order chi connectivity index (χ1) is 10.5. The van der Waals surface area contributed by atoms with Crippen molar-refractivity contribution in [2.45, 2.75) is 25.8 Å². The number of para-hydroxylation sites is 1. The van der Waals surface area contributed by atoms with E-state index in [9.17, 15) is 4.79 Å². The van der Waals surface area contributed by atoms with Crippen molar-refractivity contribution >= 4 is 11.6 Å². The van der Waals surface area contributed by atoms with Crippen molar-refractivity contribution in [2.75, 3.05) is 12.4 Å². The Morgan fingerprint density at radius 1 is 1.27 bits per heavy atom. The molecule has 4 heteroatoms. The highest BCUT2D eigenvalue weighted by Crippen LogP contribution is 2.38. The first-order valence-corrected chi connectivity index (χ1v) is 7.36. The maximum absolute atomic E-state index is 11.9. The van der Waals surface area contributed by atoms with Gasteiger partial charge in [-0.2, -0.15) is 0 Å².